The van der Waals surface area contributed by atoms with Crippen LogP contribution in [0.1, 0.15) is 86.3 Å². The Morgan fingerprint density at radius 1 is 1.03 bits per heavy atom. The monoisotopic (exact) mass is 503 g/mol. The Balaban J connectivity index is 1.43. The van der Waals surface area contributed by atoms with Crippen molar-refractivity contribution in [2.75, 3.05) is 20.4 Å². The summed E-state index contributed by atoms with van der Waals surface area (Å²) >= 11 is 0. The van der Waals surface area contributed by atoms with Crippen LogP contribution < -0.4 is 10.1 Å². The lowest BCUT2D eigenvalue weighted by Crippen LogP contribution is -2.48. The topological polar surface area (TPSA) is 56.8 Å². The highest BCUT2D eigenvalue weighted by Crippen LogP contribution is 2.62. The van der Waals surface area contributed by atoms with Gasteiger partial charge in [-0.2, -0.15) is 0 Å². The van der Waals surface area contributed by atoms with Crippen LogP contribution in [0.5, 0.6) is 5.75 Å². The first kappa shape index (κ1) is 26.0. The first-order valence-corrected chi connectivity index (χ1v) is 13.9. The number of ether oxygens (including phenoxy) is 3. The maximum absolute atomic E-state index is 12.1. The van der Waals surface area contributed by atoms with Crippen LogP contribution >= 0.6 is 0 Å². The average Bonchev–Trinajstić information content (AvgIpc) is 2.88. The Morgan fingerprint density at radius 2 is 1.65 bits per heavy atom. The maximum Gasteiger partial charge on any atom is 0.251 e. The molecule has 0 aromatic heterocycles. The van der Waals surface area contributed by atoms with Crippen molar-refractivity contribution < 1.29 is 19.0 Å². The van der Waals surface area contributed by atoms with Gasteiger partial charge in [0.2, 0.25) is 0 Å². The molecule has 6 rings (SSSR count). The average molecular weight is 504 g/mol. The number of rotatable bonds is 10. The van der Waals surface area contributed by atoms with Gasteiger partial charge >= 0.3 is 0 Å². The molecule has 4 aliphatic rings. The molecular formula is C32H41NO4. The number of hydrogen-bond donors (Lipinski definition) is 1. The minimum atomic E-state index is -0.299. The Kier molecular flexibility index (Phi) is 7.73. The summed E-state index contributed by atoms with van der Waals surface area (Å²) in [7, 11) is 1.64. The lowest BCUT2D eigenvalue weighted by Gasteiger charge is -2.57. The lowest BCUT2D eigenvalue weighted by atomic mass is 9.48. The van der Waals surface area contributed by atoms with Gasteiger partial charge in [0.1, 0.15) is 5.75 Å². The number of carbonyl (C=O) groups is 1. The molecule has 1 N–H and O–H groups in total. The van der Waals surface area contributed by atoms with E-state index in [0.717, 1.165) is 29.1 Å². The number of hydrogen-bond acceptors (Lipinski definition) is 4. The molecule has 1 atom stereocenters. The van der Waals surface area contributed by atoms with Gasteiger partial charge in [-0.15, -0.1) is 0 Å². The van der Waals surface area contributed by atoms with E-state index in [2.05, 4.69) is 36.5 Å². The quantitative estimate of drug-likeness (QED) is 0.286. The number of benzene rings is 2. The van der Waals surface area contributed by atoms with Crippen molar-refractivity contribution in [2.45, 2.75) is 71.0 Å². The third-order valence-electron chi connectivity index (χ3n) is 8.79. The van der Waals surface area contributed by atoms with Gasteiger partial charge < -0.3 is 19.5 Å². The minimum absolute atomic E-state index is 0.0329. The Bertz CT molecular complexity index is 1100. The van der Waals surface area contributed by atoms with Gasteiger partial charge in [-0.25, -0.2) is 0 Å². The Morgan fingerprint density at radius 3 is 2.24 bits per heavy atom. The third-order valence-corrected chi connectivity index (χ3v) is 8.79. The molecule has 0 heterocycles. The molecule has 37 heavy (non-hydrogen) atoms. The second-order valence-corrected chi connectivity index (χ2v) is 11.4. The molecule has 4 fully saturated rings. The van der Waals surface area contributed by atoms with Crippen LogP contribution in [0.4, 0.5) is 0 Å². The van der Waals surface area contributed by atoms with E-state index in [-0.39, 0.29) is 24.4 Å². The van der Waals surface area contributed by atoms with Gasteiger partial charge in [0.15, 0.2) is 13.1 Å². The molecule has 1 amide bonds. The summed E-state index contributed by atoms with van der Waals surface area (Å²) in [5.41, 5.74) is 5.76. The molecule has 198 valence electrons. The number of allylic oxidation sites excluding steroid dienone is 1. The molecule has 5 nitrogen and oxygen atoms in total. The molecule has 0 spiro atoms. The van der Waals surface area contributed by atoms with Crippen LogP contribution in [-0.2, 0) is 14.9 Å². The van der Waals surface area contributed by atoms with Crippen LogP contribution in [0.15, 0.2) is 42.5 Å². The van der Waals surface area contributed by atoms with Crippen molar-refractivity contribution in [1.29, 1.82) is 0 Å². The smallest absolute Gasteiger partial charge is 0.251 e. The van der Waals surface area contributed by atoms with Gasteiger partial charge in [0, 0.05) is 24.8 Å². The van der Waals surface area contributed by atoms with E-state index in [9.17, 15) is 4.79 Å². The summed E-state index contributed by atoms with van der Waals surface area (Å²) in [6.07, 6.45) is 9.96. The highest BCUT2D eigenvalue weighted by atomic mass is 16.7. The van der Waals surface area contributed by atoms with Crippen molar-refractivity contribution in [1.82, 2.24) is 5.32 Å². The molecule has 4 saturated carbocycles. The van der Waals surface area contributed by atoms with Crippen LogP contribution in [0, 0.1) is 17.8 Å². The Labute approximate surface area is 221 Å². The summed E-state index contributed by atoms with van der Waals surface area (Å²) in [4.78, 5) is 12.1. The molecule has 0 aliphatic heterocycles. The van der Waals surface area contributed by atoms with Gasteiger partial charge in [0.25, 0.3) is 5.91 Å². The lowest BCUT2D eigenvalue weighted by molar-refractivity contribution is -0.150. The van der Waals surface area contributed by atoms with Crippen molar-refractivity contribution in [2.24, 2.45) is 17.8 Å². The zero-order chi connectivity index (χ0) is 26.0. The molecule has 4 aliphatic carbocycles. The van der Waals surface area contributed by atoms with Crippen LogP contribution in [0.3, 0.4) is 0 Å². The summed E-state index contributed by atoms with van der Waals surface area (Å²) in [5.74, 6) is 3.48. The normalized spacial score (nSPS) is 27.2. The van der Waals surface area contributed by atoms with Crippen molar-refractivity contribution in [3.8, 4) is 5.75 Å². The van der Waals surface area contributed by atoms with Gasteiger partial charge in [-0.05, 0) is 123 Å². The van der Waals surface area contributed by atoms with Crippen molar-refractivity contribution in [3.05, 3.63) is 64.7 Å². The number of nitrogens with one attached hydrogen (secondary N) is 1. The second-order valence-electron chi connectivity index (χ2n) is 11.4. The van der Waals surface area contributed by atoms with Gasteiger partial charge in [-0.3, -0.25) is 4.79 Å². The summed E-state index contributed by atoms with van der Waals surface area (Å²) in [6.45, 7) is 6.78. The number of amides is 1. The fraction of sp³-hybridized carbons (Fsp3) is 0.531. The summed E-state index contributed by atoms with van der Waals surface area (Å²) in [6, 6.07) is 14.5. The summed E-state index contributed by atoms with van der Waals surface area (Å²) < 4.78 is 17.2. The van der Waals surface area contributed by atoms with Crippen LogP contribution in [-0.4, -0.2) is 32.6 Å². The fourth-order valence-electron chi connectivity index (χ4n) is 7.34. The van der Waals surface area contributed by atoms with E-state index >= 15 is 0 Å². The molecule has 1 unspecified atom stereocenters. The molecule has 2 aromatic carbocycles. The summed E-state index contributed by atoms with van der Waals surface area (Å²) in [5, 5.41) is 2.86. The molecule has 0 saturated heterocycles. The van der Waals surface area contributed by atoms with Crippen molar-refractivity contribution >= 4 is 17.6 Å². The zero-order valence-corrected chi connectivity index (χ0v) is 22.7. The second kappa shape index (κ2) is 11.0. The molecule has 2 aromatic rings. The largest absolute Gasteiger partial charge is 0.467 e. The fourth-order valence-corrected chi connectivity index (χ4v) is 7.34. The molecular weight excluding hydrogens is 462 g/mol. The standard InChI is InChI=1S/C32H41NO4/c1-5-33-31(34)27-8-6-23(7-9-27)12-21(2)28-10-11-30(37-20-36-22(3)35-4)29(16-28)32-17-24-13-25(18-32)15-26(14-24)19-32/h6-12,16,22,24-26H,5,13-15,17-20H2,1-4H3,(H,33,34)/b21-12+. The predicted molar refractivity (Wildman–Crippen MR) is 147 cm³/mol. The maximum atomic E-state index is 12.1. The highest BCUT2D eigenvalue weighted by molar-refractivity contribution is 5.94. The van der Waals surface area contributed by atoms with E-state index in [0.29, 0.717) is 12.1 Å². The Hall–Kier alpha value is -2.63. The van der Waals surface area contributed by atoms with Gasteiger partial charge in [-0.1, -0.05) is 24.3 Å². The van der Waals surface area contributed by atoms with Gasteiger partial charge in [0.05, 0.1) is 0 Å². The third kappa shape index (κ3) is 5.63. The predicted octanol–water partition coefficient (Wildman–Crippen LogP) is 6.81. The highest BCUT2D eigenvalue weighted by Gasteiger charge is 2.52. The zero-order valence-electron chi connectivity index (χ0n) is 22.7. The first-order chi connectivity index (χ1) is 17.9. The molecule has 4 bridgehead atoms. The van der Waals surface area contributed by atoms with Crippen LogP contribution in [0.25, 0.3) is 11.6 Å². The van der Waals surface area contributed by atoms with Crippen LogP contribution in [0.2, 0.25) is 0 Å². The van der Waals surface area contributed by atoms with E-state index in [1.807, 2.05) is 38.1 Å². The number of methoxy groups -OCH3 is 1. The van der Waals surface area contributed by atoms with E-state index < -0.39 is 0 Å². The number of carbonyl (C=O) groups excluding carboxylic acids is 1. The van der Waals surface area contributed by atoms with E-state index in [1.54, 1.807) is 7.11 Å². The minimum Gasteiger partial charge on any atom is -0.467 e. The SMILES string of the molecule is CCNC(=O)c1ccc(/C=C(\C)c2ccc(OCOC(C)OC)c(C34CC5CC(CC(C5)C3)C4)c2)cc1. The first-order valence-electron chi connectivity index (χ1n) is 13.9. The molecule has 0 radical (unpaired) electrons. The van der Waals surface area contributed by atoms with E-state index in [4.69, 9.17) is 14.2 Å². The van der Waals surface area contributed by atoms with Crippen molar-refractivity contribution in [3.63, 3.8) is 0 Å². The molecule has 5 heteroatoms. The van der Waals surface area contributed by atoms with E-state index in [1.165, 1.54) is 55.2 Å².